The van der Waals surface area contributed by atoms with E-state index in [1.165, 1.54) is 0 Å². The number of nitrogens with one attached hydrogen (secondary N) is 1. The van der Waals surface area contributed by atoms with Crippen molar-refractivity contribution >= 4 is 24.2 Å². The maximum atomic E-state index is 14.0. The van der Waals surface area contributed by atoms with Crippen molar-refractivity contribution in [2.24, 2.45) is 28.3 Å². The molecule has 6 atom stereocenters. The van der Waals surface area contributed by atoms with E-state index in [1.54, 1.807) is 0 Å². The van der Waals surface area contributed by atoms with Gasteiger partial charge in [0.15, 0.2) is 12.2 Å². The zero-order valence-corrected chi connectivity index (χ0v) is 26.1. The van der Waals surface area contributed by atoms with E-state index in [2.05, 4.69) is 10.3 Å². The van der Waals surface area contributed by atoms with Crippen molar-refractivity contribution in [1.82, 2.24) is 10.2 Å². The molecule has 44 heavy (non-hydrogen) atoms. The fraction of sp³-hybridized carbons (Fsp3) is 0.697. The highest BCUT2D eigenvalue weighted by atomic mass is 16.7. The van der Waals surface area contributed by atoms with Crippen LogP contribution >= 0.6 is 0 Å². The van der Waals surface area contributed by atoms with Gasteiger partial charge in [0.25, 0.3) is 0 Å². The highest BCUT2D eigenvalue weighted by molar-refractivity contribution is 5.97. The van der Waals surface area contributed by atoms with Crippen LogP contribution in [0.25, 0.3) is 0 Å². The van der Waals surface area contributed by atoms with Crippen LogP contribution in [0, 0.1) is 11.8 Å². The van der Waals surface area contributed by atoms with Crippen molar-refractivity contribution < 1.29 is 28.6 Å². The summed E-state index contributed by atoms with van der Waals surface area (Å²) in [4.78, 5) is 46.4. The summed E-state index contributed by atoms with van der Waals surface area (Å²) < 4.78 is 17.7. The van der Waals surface area contributed by atoms with Crippen LogP contribution in [0.15, 0.2) is 35.3 Å². The van der Waals surface area contributed by atoms with Crippen LogP contribution in [0.3, 0.4) is 0 Å². The average molecular weight is 614 g/mol. The number of hydrogen-bond donors (Lipinski definition) is 3. The number of imide groups is 1. The van der Waals surface area contributed by atoms with Crippen LogP contribution in [0.2, 0.25) is 0 Å². The molecule has 11 heteroatoms. The first-order valence-electron chi connectivity index (χ1n) is 16.4. The summed E-state index contributed by atoms with van der Waals surface area (Å²) >= 11 is 0. The topological polar surface area (TPSA) is 159 Å². The first-order chi connectivity index (χ1) is 21.4. The number of benzene rings is 1. The Hall–Kier alpha value is -3.02. The van der Waals surface area contributed by atoms with E-state index in [0.29, 0.717) is 32.4 Å². The van der Waals surface area contributed by atoms with E-state index in [9.17, 15) is 14.4 Å². The minimum absolute atomic E-state index is 0.00403. The largest absolute Gasteiger partial charge is 0.444 e. The maximum absolute atomic E-state index is 14.0. The first-order valence-corrected chi connectivity index (χ1v) is 16.4. The Bertz CT molecular complexity index is 1070. The number of nitrogens with two attached hydrogens (primary N) is 2. The molecule has 5 N–H and O–H groups in total. The fourth-order valence-electron chi connectivity index (χ4n) is 6.98. The predicted molar refractivity (Wildman–Crippen MR) is 167 cm³/mol. The number of aldehydes is 1. The molecular formula is C33H51N5O6. The van der Waals surface area contributed by atoms with E-state index in [0.717, 1.165) is 74.5 Å². The summed E-state index contributed by atoms with van der Waals surface area (Å²) in [6.45, 7) is 3.33. The lowest BCUT2D eigenvalue weighted by atomic mass is 9.73. The van der Waals surface area contributed by atoms with Gasteiger partial charge in [-0.3, -0.25) is 9.79 Å². The Kier molecular flexibility index (Phi) is 13.4. The van der Waals surface area contributed by atoms with Crippen LogP contribution in [0.4, 0.5) is 4.79 Å². The van der Waals surface area contributed by atoms with Crippen molar-refractivity contribution in [3.8, 4) is 0 Å². The van der Waals surface area contributed by atoms with E-state index < -0.39 is 24.1 Å². The quantitative estimate of drug-likeness (QED) is 0.160. The summed E-state index contributed by atoms with van der Waals surface area (Å²) in [6.07, 6.45) is 9.68. The van der Waals surface area contributed by atoms with Gasteiger partial charge in [-0.25, -0.2) is 9.69 Å². The number of amides is 2. The molecule has 244 valence electrons. The number of carbonyl (C=O) groups is 3. The second-order valence-electron chi connectivity index (χ2n) is 12.5. The minimum atomic E-state index is -1.02. The zero-order valence-electron chi connectivity index (χ0n) is 26.1. The lowest BCUT2D eigenvalue weighted by molar-refractivity contribution is -0.186. The van der Waals surface area contributed by atoms with Crippen LogP contribution in [-0.4, -0.2) is 72.8 Å². The lowest BCUT2D eigenvalue weighted by Crippen LogP contribution is -2.56. The number of carbonyl (C=O) groups excluding carboxylic acids is 3. The van der Waals surface area contributed by atoms with Gasteiger partial charge >= 0.3 is 6.09 Å². The van der Waals surface area contributed by atoms with Gasteiger partial charge in [0, 0.05) is 6.61 Å². The Morgan fingerprint density at radius 1 is 1.05 bits per heavy atom. The zero-order chi connectivity index (χ0) is 31.3. The Morgan fingerprint density at radius 3 is 2.43 bits per heavy atom. The Labute approximate surface area is 261 Å². The molecule has 1 aromatic carbocycles. The average Bonchev–Trinajstić information content (AvgIpc) is 3.58. The van der Waals surface area contributed by atoms with Crippen molar-refractivity contribution in [2.75, 3.05) is 13.2 Å². The van der Waals surface area contributed by atoms with Crippen LogP contribution in [0.1, 0.15) is 89.5 Å². The normalized spacial score (nSPS) is 23.6. The van der Waals surface area contributed by atoms with Crippen LogP contribution in [-0.2, 0) is 30.4 Å². The molecule has 2 heterocycles. The number of aliphatic imine (C=N–C) groups is 1. The molecule has 4 unspecified atom stereocenters. The summed E-state index contributed by atoms with van der Waals surface area (Å²) in [5, 5.41) is 3.20. The monoisotopic (exact) mass is 613 g/mol. The van der Waals surface area contributed by atoms with Gasteiger partial charge < -0.3 is 35.8 Å². The molecule has 3 aliphatic rings. The highest BCUT2D eigenvalue weighted by Gasteiger charge is 2.43. The Morgan fingerprint density at radius 2 is 1.80 bits per heavy atom. The molecule has 1 aromatic rings. The number of rotatable bonds is 14. The van der Waals surface area contributed by atoms with Gasteiger partial charge in [-0.05, 0) is 75.8 Å². The summed E-state index contributed by atoms with van der Waals surface area (Å²) in [5.41, 5.74) is 12.6. The number of ether oxygens (including phenoxy) is 3. The molecular weight excluding hydrogens is 562 g/mol. The molecule has 3 fully saturated rings. The van der Waals surface area contributed by atoms with E-state index >= 15 is 0 Å². The summed E-state index contributed by atoms with van der Waals surface area (Å²) in [6, 6.07) is 7.34. The van der Waals surface area contributed by atoms with Crippen molar-refractivity contribution in [3.63, 3.8) is 0 Å². The molecule has 0 spiro atoms. The molecule has 1 saturated carbocycles. The number of hydrogen-bond acceptors (Lipinski definition) is 8. The third-order valence-electron chi connectivity index (χ3n) is 9.13. The molecule has 11 nitrogen and oxygen atoms in total. The molecule has 0 radical (unpaired) electrons. The van der Waals surface area contributed by atoms with E-state index in [-0.39, 0.29) is 42.8 Å². The van der Waals surface area contributed by atoms with E-state index in [1.807, 2.05) is 37.3 Å². The van der Waals surface area contributed by atoms with E-state index in [4.69, 9.17) is 25.7 Å². The molecule has 2 saturated heterocycles. The first kappa shape index (κ1) is 33.9. The second kappa shape index (κ2) is 17.5. The van der Waals surface area contributed by atoms with Gasteiger partial charge in [0.2, 0.25) is 5.91 Å². The van der Waals surface area contributed by atoms with Crippen molar-refractivity contribution in [2.45, 2.75) is 121 Å². The molecule has 2 aliphatic heterocycles. The highest BCUT2D eigenvalue weighted by Crippen LogP contribution is 2.37. The predicted octanol–water partition coefficient (Wildman–Crippen LogP) is 4.02. The number of nitrogens with zero attached hydrogens (tertiary/aromatic N) is 2. The van der Waals surface area contributed by atoms with Gasteiger partial charge in [0.1, 0.15) is 18.9 Å². The Balaban J connectivity index is 1.59. The number of guanidine groups is 1. The summed E-state index contributed by atoms with van der Waals surface area (Å²) in [5.74, 6) is -0.717. The van der Waals surface area contributed by atoms with Gasteiger partial charge in [0.05, 0.1) is 18.2 Å². The molecule has 0 bridgehead atoms. The minimum Gasteiger partial charge on any atom is -0.444 e. The van der Waals surface area contributed by atoms with Gasteiger partial charge in [-0.15, -0.1) is 0 Å². The lowest BCUT2D eigenvalue weighted by Gasteiger charge is -2.40. The molecule has 4 rings (SSSR count). The van der Waals surface area contributed by atoms with Gasteiger partial charge in [-0.2, -0.15) is 0 Å². The fourth-order valence-corrected chi connectivity index (χ4v) is 6.98. The standard InChI is InChI=1S/C33H51N5O6/c1-23(44-30-16-8-9-18-42-30)19-26(37-32(34)35)20-27(25-13-6-3-7-14-25)29(21-39)38(31(40)28-15-10-17-36-28)33(41)43-22-24-11-4-2-5-12-24/h2,4-5,11-12,21,23,25-30,36H,3,6-10,13-20,22H2,1H3,(H4,34,35,37)/t23?,26?,27?,28-,29+,30?/m0/s1. The maximum Gasteiger partial charge on any atom is 0.417 e. The summed E-state index contributed by atoms with van der Waals surface area (Å²) in [7, 11) is 0. The molecule has 0 aromatic heterocycles. The third kappa shape index (κ3) is 10.0. The third-order valence-corrected chi connectivity index (χ3v) is 9.13. The van der Waals surface area contributed by atoms with Crippen molar-refractivity contribution in [3.05, 3.63) is 35.9 Å². The molecule has 2 amide bonds. The van der Waals surface area contributed by atoms with Gasteiger partial charge in [-0.1, -0.05) is 62.4 Å². The molecule has 1 aliphatic carbocycles. The second-order valence-corrected chi connectivity index (χ2v) is 12.5. The van der Waals surface area contributed by atoms with Crippen molar-refractivity contribution in [1.29, 1.82) is 0 Å². The van der Waals surface area contributed by atoms with Crippen LogP contribution in [0.5, 0.6) is 0 Å². The smallest absolute Gasteiger partial charge is 0.417 e. The van der Waals surface area contributed by atoms with Crippen LogP contribution < -0.4 is 16.8 Å². The SMILES string of the molecule is CC(CC(CC(C1CCCCC1)[C@@H](C=O)N(C(=O)OCc1ccccc1)C(=O)[C@@H]1CCCN1)N=C(N)N)OC1CCCCO1.